The minimum atomic E-state index is -3.62. The molecule has 0 aliphatic carbocycles. The highest BCUT2D eigenvalue weighted by Gasteiger charge is 2.44. The second kappa shape index (κ2) is 4.99. The number of aliphatic hydroxyl groups excluding tert-OH is 1. The van der Waals surface area contributed by atoms with Gasteiger partial charge >= 0.3 is 0 Å². The highest BCUT2D eigenvalue weighted by Crippen LogP contribution is 2.29. The zero-order chi connectivity index (χ0) is 13.3. The van der Waals surface area contributed by atoms with Crippen LogP contribution >= 0.6 is 0 Å². The molecule has 1 saturated heterocycles. The van der Waals surface area contributed by atoms with E-state index in [4.69, 9.17) is 14.9 Å². The molecule has 0 bridgehead atoms. The van der Waals surface area contributed by atoms with E-state index >= 15 is 0 Å². The van der Waals surface area contributed by atoms with Gasteiger partial charge in [0.15, 0.2) is 5.79 Å². The summed E-state index contributed by atoms with van der Waals surface area (Å²) in [6.07, 6.45) is -0.821. The summed E-state index contributed by atoms with van der Waals surface area (Å²) in [7, 11) is -3.62. The van der Waals surface area contributed by atoms with Gasteiger partial charge in [-0.05, 0) is 13.8 Å². The van der Waals surface area contributed by atoms with E-state index in [1.807, 2.05) is 0 Å². The molecule has 7 nitrogen and oxygen atoms in total. The maximum absolute atomic E-state index is 10.8. The summed E-state index contributed by atoms with van der Waals surface area (Å²) >= 11 is 0. The minimum absolute atomic E-state index is 0.423. The number of hydrogen-bond acceptors (Lipinski definition) is 7. The summed E-state index contributed by atoms with van der Waals surface area (Å²) in [6, 6.07) is 0. The third-order valence-corrected chi connectivity index (χ3v) is 2.72. The van der Waals surface area contributed by atoms with Gasteiger partial charge in [-0.15, -0.1) is 0 Å². The molecule has 0 unspecified atom stereocenters. The predicted molar refractivity (Wildman–Crippen MR) is 59.4 cm³/mol. The maximum atomic E-state index is 10.8. The number of aliphatic hydroxyl groups is 1. The largest absolute Gasteiger partial charge is 0.388 e. The Morgan fingerprint density at radius 2 is 2.12 bits per heavy atom. The van der Waals surface area contributed by atoms with E-state index in [9.17, 15) is 13.5 Å². The van der Waals surface area contributed by atoms with Crippen LogP contribution in [0.15, 0.2) is 0 Å². The fourth-order valence-electron chi connectivity index (χ4n) is 1.53. The Morgan fingerprint density at radius 1 is 1.53 bits per heavy atom. The third-order valence-electron chi connectivity index (χ3n) is 2.16. The van der Waals surface area contributed by atoms with Gasteiger partial charge in [-0.25, -0.2) is 0 Å². The van der Waals surface area contributed by atoms with Crippen LogP contribution in [0, 0.1) is 5.41 Å². The average molecular weight is 267 g/mol. The van der Waals surface area contributed by atoms with Crippen molar-refractivity contribution in [1.29, 1.82) is 5.41 Å². The van der Waals surface area contributed by atoms with Crippen molar-refractivity contribution < 1.29 is 27.2 Å². The molecule has 0 spiro atoms. The lowest BCUT2D eigenvalue weighted by Gasteiger charge is -2.20. The van der Waals surface area contributed by atoms with Crippen molar-refractivity contribution in [2.75, 3.05) is 12.9 Å². The normalized spacial score (nSPS) is 30.1. The second-order valence-electron chi connectivity index (χ2n) is 4.29. The molecule has 0 radical (unpaired) electrons. The van der Waals surface area contributed by atoms with Crippen molar-refractivity contribution in [3.63, 3.8) is 0 Å². The molecule has 8 heteroatoms. The first kappa shape index (κ1) is 14.5. The van der Waals surface area contributed by atoms with Crippen molar-refractivity contribution in [1.82, 2.24) is 0 Å². The van der Waals surface area contributed by atoms with Crippen LogP contribution < -0.4 is 0 Å². The predicted octanol–water partition coefficient (Wildman–Crippen LogP) is -0.507. The van der Waals surface area contributed by atoms with E-state index in [2.05, 4.69) is 4.18 Å². The van der Waals surface area contributed by atoms with Crippen LogP contribution in [-0.2, 0) is 23.8 Å². The Kier molecular flexibility index (Phi) is 4.26. The molecular formula is C9H17NO6S. The molecule has 100 valence electrons. The molecule has 0 aromatic heterocycles. The van der Waals surface area contributed by atoms with Crippen molar-refractivity contribution in [3.05, 3.63) is 0 Å². The molecule has 1 rings (SSSR count). The first-order chi connectivity index (χ1) is 7.64. The first-order valence-electron chi connectivity index (χ1n) is 5.03. The van der Waals surface area contributed by atoms with Crippen LogP contribution in [0.3, 0.4) is 0 Å². The molecule has 0 aromatic rings. The number of ether oxygens (including phenoxy) is 2. The van der Waals surface area contributed by atoms with Gasteiger partial charge in [-0.1, -0.05) is 0 Å². The minimum Gasteiger partial charge on any atom is -0.388 e. The Bertz CT molecular complexity index is 379. The Hall–Kier alpha value is -0.540. The molecule has 2 N–H and O–H groups in total. The SMILES string of the molecule is CC1(C)O[C@H]([C@H](O)COS(C)(=O)=O)[C@@H](C=N)O1. The lowest BCUT2D eigenvalue weighted by atomic mass is 10.1. The first-order valence-corrected chi connectivity index (χ1v) is 6.85. The zero-order valence-corrected chi connectivity index (χ0v) is 10.7. The lowest BCUT2D eigenvalue weighted by molar-refractivity contribution is -0.154. The summed E-state index contributed by atoms with van der Waals surface area (Å²) in [4.78, 5) is 0. The van der Waals surface area contributed by atoms with E-state index in [1.165, 1.54) is 0 Å². The second-order valence-corrected chi connectivity index (χ2v) is 5.93. The standard InChI is InChI=1S/C9H17NO6S/c1-9(2)15-7(4-10)8(16-9)6(11)5-14-17(3,12)13/h4,6-8,10-11H,5H2,1-3H3/t6-,7-,8-/m1/s1. The van der Waals surface area contributed by atoms with Gasteiger partial charge in [0.1, 0.15) is 18.3 Å². The molecule has 0 aromatic carbocycles. The molecule has 1 fully saturated rings. The zero-order valence-electron chi connectivity index (χ0n) is 9.91. The van der Waals surface area contributed by atoms with E-state index in [0.29, 0.717) is 0 Å². The molecule has 0 saturated carbocycles. The average Bonchev–Trinajstić information content (AvgIpc) is 2.49. The van der Waals surface area contributed by atoms with Crippen molar-refractivity contribution in [2.24, 2.45) is 0 Å². The van der Waals surface area contributed by atoms with Gasteiger partial charge in [0.25, 0.3) is 10.1 Å². The van der Waals surface area contributed by atoms with Crippen LogP contribution in [0.5, 0.6) is 0 Å². The summed E-state index contributed by atoms with van der Waals surface area (Å²) in [5.41, 5.74) is 0. The van der Waals surface area contributed by atoms with Gasteiger partial charge in [-0.3, -0.25) is 4.18 Å². The smallest absolute Gasteiger partial charge is 0.264 e. The van der Waals surface area contributed by atoms with E-state index in [-0.39, 0.29) is 0 Å². The van der Waals surface area contributed by atoms with Crippen molar-refractivity contribution in [2.45, 2.75) is 37.9 Å². The van der Waals surface area contributed by atoms with Gasteiger partial charge < -0.3 is 20.0 Å². The fraction of sp³-hybridized carbons (Fsp3) is 0.889. The molecule has 1 aliphatic heterocycles. The summed E-state index contributed by atoms with van der Waals surface area (Å²) in [6.45, 7) is 2.87. The molecular weight excluding hydrogens is 250 g/mol. The molecule has 3 atom stereocenters. The van der Waals surface area contributed by atoms with Gasteiger partial charge in [0.2, 0.25) is 0 Å². The summed E-state index contributed by atoms with van der Waals surface area (Å²) in [5, 5.41) is 16.9. The topological polar surface area (TPSA) is 106 Å². The highest BCUT2D eigenvalue weighted by molar-refractivity contribution is 7.85. The van der Waals surface area contributed by atoms with Gasteiger partial charge in [0, 0.05) is 6.21 Å². The number of rotatable bonds is 5. The maximum Gasteiger partial charge on any atom is 0.264 e. The van der Waals surface area contributed by atoms with E-state index in [1.54, 1.807) is 13.8 Å². The Labute approximate surface area is 100 Å². The Morgan fingerprint density at radius 3 is 2.59 bits per heavy atom. The van der Waals surface area contributed by atoms with Gasteiger partial charge in [-0.2, -0.15) is 8.42 Å². The van der Waals surface area contributed by atoms with E-state index < -0.39 is 40.8 Å². The van der Waals surface area contributed by atoms with Crippen molar-refractivity contribution >= 4 is 16.3 Å². The van der Waals surface area contributed by atoms with Crippen LogP contribution in [0.1, 0.15) is 13.8 Å². The quantitative estimate of drug-likeness (QED) is 0.513. The van der Waals surface area contributed by atoms with Crippen LogP contribution in [0.2, 0.25) is 0 Å². The van der Waals surface area contributed by atoms with Crippen LogP contribution in [-0.4, -0.2) is 56.7 Å². The molecule has 17 heavy (non-hydrogen) atoms. The van der Waals surface area contributed by atoms with Crippen LogP contribution in [0.4, 0.5) is 0 Å². The van der Waals surface area contributed by atoms with E-state index in [0.717, 1.165) is 12.5 Å². The lowest BCUT2D eigenvalue weighted by Crippen LogP contribution is -2.39. The summed E-state index contributed by atoms with van der Waals surface area (Å²) < 4.78 is 36.7. The molecule has 1 heterocycles. The fourth-order valence-corrected chi connectivity index (χ4v) is 1.92. The van der Waals surface area contributed by atoms with Crippen molar-refractivity contribution in [3.8, 4) is 0 Å². The number of hydrogen-bond donors (Lipinski definition) is 2. The summed E-state index contributed by atoms with van der Waals surface area (Å²) in [5.74, 6) is -0.918. The highest BCUT2D eigenvalue weighted by atomic mass is 32.2. The monoisotopic (exact) mass is 267 g/mol. The van der Waals surface area contributed by atoms with Gasteiger partial charge in [0.05, 0.1) is 12.9 Å². The third kappa shape index (κ3) is 4.32. The molecule has 0 amide bonds. The number of nitrogens with one attached hydrogen (secondary N) is 1. The molecule has 1 aliphatic rings. The van der Waals surface area contributed by atoms with Crippen LogP contribution in [0.25, 0.3) is 0 Å². The Balaban J connectivity index is 2.62.